The quantitative estimate of drug-likeness (QED) is 0.650. The van der Waals surface area contributed by atoms with Gasteiger partial charge in [-0.15, -0.1) is 0 Å². The van der Waals surface area contributed by atoms with Crippen molar-refractivity contribution >= 4 is 5.97 Å². The number of aromatic nitrogens is 1. The predicted molar refractivity (Wildman–Crippen MR) is 100 cm³/mol. The molecule has 3 aromatic rings. The Labute approximate surface area is 153 Å². The van der Waals surface area contributed by atoms with E-state index >= 15 is 0 Å². The highest BCUT2D eigenvalue weighted by Gasteiger charge is 2.10. The standard InChI is InChI=1S/C22H21NO3/c24-22(25)19-12-5-4-10-18(19)11-6-13-20-21(14-7-15-23-20)26-16-17-8-2-1-3-9-17/h1-5,7-10,12,14-15H,6,11,13,16H2,(H,24,25). The van der Waals surface area contributed by atoms with Crippen LogP contribution >= 0.6 is 0 Å². The van der Waals surface area contributed by atoms with Crippen LogP contribution in [-0.2, 0) is 19.4 Å². The van der Waals surface area contributed by atoms with Crippen LogP contribution in [0.15, 0.2) is 72.9 Å². The Morgan fingerprint density at radius 2 is 1.69 bits per heavy atom. The van der Waals surface area contributed by atoms with Crippen molar-refractivity contribution in [1.82, 2.24) is 4.98 Å². The van der Waals surface area contributed by atoms with Crippen molar-refractivity contribution < 1.29 is 14.6 Å². The molecule has 0 aliphatic rings. The molecule has 1 heterocycles. The van der Waals surface area contributed by atoms with Gasteiger partial charge in [0, 0.05) is 6.20 Å². The van der Waals surface area contributed by atoms with E-state index < -0.39 is 5.97 Å². The van der Waals surface area contributed by atoms with Crippen LogP contribution in [0.1, 0.15) is 33.6 Å². The van der Waals surface area contributed by atoms with E-state index in [-0.39, 0.29) is 0 Å². The zero-order valence-corrected chi connectivity index (χ0v) is 14.5. The first kappa shape index (κ1) is 17.7. The van der Waals surface area contributed by atoms with E-state index in [1.54, 1.807) is 18.3 Å². The van der Waals surface area contributed by atoms with Gasteiger partial charge < -0.3 is 9.84 Å². The third-order valence-corrected chi connectivity index (χ3v) is 4.19. The minimum atomic E-state index is -0.884. The van der Waals surface area contributed by atoms with E-state index in [0.29, 0.717) is 18.6 Å². The third-order valence-electron chi connectivity index (χ3n) is 4.19. The van der Waals surface area contributed by atoms with Gasteiger partial charge in [0.15, 0.2) is 0 Å². The molecule has 26 heavy (non-hydrogen) atoms. The fraction of sp³-hybridized carbons (Fsp3) is 0.182. The largest absolute Gasteiger partial charge is 0.487 e. The topological polar surface area (TPSA) is 59.4 Å². The molecule has 0 spiro atoms. The molecule has 0 saturated carbocycles. The molecule has 3 rings (SSSR count). The van der Waals surface area contributed by atoms with Crippen molar-refractivity contribution in [2.24, 2.45) is 0 Å². The number of carboxylic acid groups (broad SMARTS) is 1. The van der Waals surface area contributed by atoms with Gasteiger partial charge in [-0.05, 0) is 48.6 Å². The second-order valence-electron chi connectivity index (χ2n) is 6.04. The Kier molecular flexibility index (Phi) is 5.99. The summed E-state index contributed by atoms with van der Waals surface area (Å²) >= 11 is 0. The minimum absolute atomic E-state index is 0.370. The molecule has 4 heteroatoms. The highest BCUT2D eigenvalue weighted by Crippen LogP contribution is 2.20. The second kappa shape index (κ2) is 8.81. The Morgan fingerprint density at radius 1 is 0.923 bits per heavy atom. The normalized spacial score (nSPS) is 10.5. The average Bonchev–Trinajstić information content (AvgIpc) is 2.68. The molecule has 132 valence electrons. The molecule has 1 aromatic heterocycles. The Bertz CT molecular complexity index is 862. The number of hydrogen-bond donors (Lipinski definition) is 1. The average molecular weight is 347 g/mol. The maximum Gasteiger partial charge on any atom is 0.335 e. The number of benzene rings is 2. The summed E-state index contributed by atoms with van der Waals surface area (Å²) < 4.78 is 5.93. The van der Waals surface area contributed by atoms with Gasteiger partial charge in [0.05, 0.1) is 11.3 Å². The smallest absolute Gasteiger partial charge is 0.335 e. The number of aromatic carboxylic acids is 1. The van der Waals surface area contributed by atoms with E-state index in [4.69, 9.17) is 4.74 Å². The number of hydrogen-bond acceptors (Lipinski definition) is 3. The lowest BCUT2D eigenvalue weighted by atomic mass is 10.0. The van der Waals surface area contributed by atoms with Gasteiger partial charge in [-0.2, -0.15) is 0 Å². The van der Waals surface area contributed by atoms with Gasteiger partial charge in [0.1, 0.15) is 12.4 Å². The number of pyridine rings is 1. The van der Waals surface area contributed by atoms with Crippen LogP contribution in [-0.4, -0.2) is 16.1 Å². The molecule has 0 amide bonds. The molecular weight excluding hydrogens is 326 g/mol. The molecule has 0 unspecified atom stereocenters. The first-order valence-corrected chi connectivity index (χ1v) is 8.66. The third kappa shape index (κ3) is 4.70. The first-order chi connectivity index (χ1) is 12.7. The number of carbonyl (C=O) groups is 1. The Morgan fingerprint density at radius 3 is 2.50 bits per heavy atom. The molecule has 2 aromatic carbocycles. The fourth-order valence-electron chi connectivity index (χ4n) is 2.87. The fourth-order valence-corrected chi connectivity index (χ4v) is 2.87. The summed E-state index contributed by atoms with van der Waals surface area (Å²) in [6.07, 6.45) is 4.00. The summed E-state index contributed by atoms with van der Waals surface area (Å²) in [6, 6.07) is 20.9. The molecule has 0 atom stereocenters. The molecular formula is C22H21NO3. The predicted octanol–water partition coefficient (Wildman–Crippen LogP) is 4.53. The highest BCUT2D eigenvalue weighted by molar-refractivity contribution is 5.89. The summed E-state index contributed by atoms with van der Waals surface area (Å²) in [5.74, 6) is -0.104. The molecule has 0 aliphatic heterocycles. The van der Waals surface area contributed by atoms with E-state index in [2.05, 4.69) is 4.98 Å². The highest BCUT2D eigenvalue weighted by atomic mass is 16.5. The summed E-state index contributed by atoms with van der Waals surface area (Å²) in [5.41, 5.74) is 3.23. The van der Waals surface area contributed by atoms with E-state index in [9.17, 15) is 9.90 Å². The number of ether oxygens (including phenoxy) is 1. The van der Waals surface area contributed by atoms with Crippen LogP contribution in [0.4, 0.5) is 0 Å². The van der Waals surface area contributed by atoms with Crippen LogP contribution < -0.4 is 4.74 Å². The lowest BCUT2D eigenvalue weighted by molar-refractivity contribution is 0.0695. The molecule has 4 nitrogen and oxygen atoms in total. The second-order valence-corrected chi connectivity index (χ2v) is 6.04. The first-order valence-electron chi connectivity index (χ1n) is 8.66. The Balaban J connectivity index is 1.61. The lowest BCUT2D eigenvalue weighted by Crippen LogP contribution is -2.04. The van der Waals surface area contributed by atoms with Crippen molar-refractivity contribution in [2.45, 2.75) is 25.9 Å². The maximum atomic E-state index is 11.3. The molecule has 0 radical (unpaired) electrons. The van der Waals surface area contributed by atoms with E-state index in [0.717, 1.165) is 35.4 Å². The summed E-state index contributed by atoms with van der Waals surface area (Å²) in [4.78, 5) is 15.7. The maximum absolute atomic E-state index is 11.3. The molecule has 0 saturated heterocycles. The van der Waals surface area contributed by atoms with Gasteiger partial charge in [-0.25, -0.2) is 4.79 Å². The van der Waals surface area contributed by atoms with Crippen LogP contribution in [0.3, 0.4) is 0 Å². The van der Waals surface area contributed by atoms with Gasteiger partial charge in [0.2, 0.25) is 0 Å². The zero-order valence-electron chi connectivity index (χ0n) is 14.5. The number of aryl methyl sites for hydroxylation is 2. The molecule has 0 aliphatic carbocycles. The molecule has 0 fully saturated rings. The van der Waals surface area contributed by atoms with Crippen molar-refractivity contribution in [2.75, 3.05) is 0 Å². The van der Waals surface area contributed by atoms with Crippen LogP contribution in [0.2, 0.25) is 0 Å². The van der Waals surface area contributed by atoms with Crippen LogP contribution in [0.25, 0.3) is 0 Å². The van der Waals surface area contributed by atoms with Crippen molar-refractivity contribution in [3.63, 3.8) is 0 Å². The minimum Gasteiger partial charge on any atom is -0.487 e. The molecule has 0 bridgehead atoms. The SMILES string of the molecule is O=C(O)c1ccccc1CCCc1ncccc1OCc1ccccc1. The van der Waals surface area contributed by atoms with E-state index in [1.165, 1.54) is 0 Å². The number of rotatable bonds is 8. The van der Waals surface area contributed by atoms with Crippen molar-refractivity contribution in [1.29, 1.82) is 0 Å². The summed E-state index contributed by atoms with van der Waals surface area (Å²) in [5, 5.41) is 9.27. The van der Waals surface area contributed by atoms with Gasteiger partial charge >= 0.3 is 5.97 Å². The van der Waals surface area contributed by atoms with Gasteiger partial charge in [-0.1, -0.05) is 48.5 Å². The van der Waals surface area contributed by atoms with E-state index in [1.807, 2.05) is 54.6 Å². The lowest BCUT2D eigenvalue weighted by Gasteiger charge is -2.11. The zero-order chi connectivity index (χ0) is 18.2. The Hall–Kier alpha value is -3.14. The number of carboxylic acids is 1. The molecule has 1 N–H and O–H groups in total. The van der Waals surface area contributed by atoms with Crippen LogP contribution in [0.5, 0.6) is 5.75 Å². The summed E-state index contributed by atoms with van der Waals surface area (Å²) in [6.45, 7) is 0.501. The van der Waals surface area contributed by atoms with Gasteiger partial charge in [-0.3, -0.25) is 4.98 Å². The summed E-state index contributed by atoms with van der Waals surface area (Å²) in [7, 11) is 0. The number of nitrogens with zero attached hydrogens (tertiary/aromatic N) is 1. The van der Waals surface area contributed by atoms with Crippen molar-refractivity contribution in [3.8, 4) is 5.75 Å². The monoisotopic (exact) mass is 347 g/mol. The van der Waals surface area contributed by atoms with Crippen LogP contribution in [0, 0.1) is 0 Å². The van der Waals surface area contributed by atoms with Gasteiger partial charge in [0.25, 0.3) is 0 Å². The van der Waals surface area contributed by atoms with Crippen molar-refractivity contribution in [3.05, 3.63) is 95.3 Å².